The Hall–Kier alpha value is -2.09. The van der Waals surface area contributed by atoms with Crippen LogP contribution < -0.4 is 5.32 Å². The lowest BCUT2D eigenvalue weighted by Crippen LogP contribution is -2.41. The van der Waals surface area contributed by atoms with Crippen molar-refractivity contribution in [3.63, 3.8) is 0 Å². The summed E-state index contributed by atoms with van der Waals surface area (Å²) in [5.41, 5.74) is 0.172. The Morgan fingerprint density at radius 1 is 1.35 bits per heavy atom. The zero-order valence-corrected chi connectivity index (χ0v) is 14.5. The number of rotatable bonds is 4. The molecule has 1 saturated carbocycles. The minimum Gasteiger partial charge on any atom is -0.348 e. The number of aromatic nitrogens is 2. The van der Waals surface area contributed by atoms with Gasteiger partial charge in [-0.25, -0.2) is 4.98 Å². The van der Waals surface area contributed by atoms with E-state index < -0.39 is 11.7 Å². The number of hydrogen-bond donors (Lipinski definition) is 1. The molecule has 2 bridgehead atoms. The first-order valence-corrected chi connectivity index (χ1v) is 8.84. The molecule has 1 saturated heterocycles. The van der Waals surface area contributed by atoms with Gasteiger partial charge in [0.2, 0.25) is 5.91 Å². The summed E-state index contributed by atoms with van der Waals surface area (Å²) in [5.74, 6) is 1.20. The van der Waals surface area contributed by atoms with Gasteiger partial charge in [-0.05, 0) is 43.4 Å². The minimum absolute atomic E-state index is 0.0689. The number of nitrogens with zero attached hydrogens (tertiary/aromatic N) is 3. The van der Waals surface area contributed by atoms with E-state index in [4.69, 9.17) is 0 Å². The number of halogens is 3. The van der Waals surface area contributed by atoms with Crippen molar-refractivity contribution in [1.29, 1.82) is 0 Å². The molecule has 1 amide bonds. The van der Waals surface area contributed by atoms with E-state index in [1.807, 2.05) is 0 Å². The van der Waals surface area contributed by atoms with Crippen LogP contribution in [0.2, 0.25) is 0 Å². The van der Waals surface area contributed by atoms with E-state index in [2.05, 4.69) is 15.2 Å². The first-order valence-electron chi connectivity index (χ1n) is 8.84. The fourth-order valence-electron chi connectivity index (χ4n) is 4.22. The lowest BCUT2D eigenvalue weighted by Gasteiger charge is -2.25. The number of imidazole rings is 1. The summed E-state index contributed by atoms with van der Waals surface area (Å²) in [4.78, 5) is 18.7. The Labute approximate surface area is 149 Å². The van der Waals surface area contributed by atoms with Gasteiger partial charge in [0.15, 0.2) is 0 Å². The normalized spacial score (nSPS) is 23.1. The largest absolute Gasteiger partial charge is 0.416 e. The Bertz CT molecular complexity index is 845. The highest BCUT2D eigenvalue weighted by Gasteiger charge is 2.38. The highest BCUT2D eigenvalue weighted by molar-refractivity contribution is 5.79. The maximum Gasteiger partial charge on any atom is 0.416 e. The van der Waals surface area contributed by atoms with E-state index in [0.717, 1.165) is 24.6 Å². The summed E-state index contributed by atoms with van der Waals surface area (Å²) in [7, 11) is 1.74. The maximum atomic E-state index is 12.8. The molecule has 5 nitrogen and oxygen atoms in total. The standard InChI is InChI=1S/C18H21F3N4O/c1-24-15-5-3-12(18(19,20)21)7-14(15)23-16(24)8-22-17(26)10-25-9-11-2-4-13(25)6-11/h3,5,7,11,13H,2,4,6,8-10H2,1H3,(H,22,26)/t11-,13+/m1/s1. The number of hydrogen-bond acceptors (Lipinski definition) is 3. The molecular weight excluding hydrogens is 345 g/mol. The van der Waals surface area contributed by atoms with Crippen molar-refractivity contribution in [2.45, 2.75) is 38.0 Å². The van der Waals surface area contributed by atoms with E-state index in [-0.39, 0.29) is 18.0 Å². The summed E-state index contributed by atoms with van der Waals surface area (Å²) in [5, 5.41) is 2.85. The molecule has 2 fully saturated rings. The van der Waals surface area contributed by atoms with Crippen LogP contribution in [0.3, 0.4) is 0 Å². The number of piperidine rings is 1. The van der Waals surface area contributed by atoms with Crippen LogP contribution in [0.1, 0.15) is 30.7 Å². The van der Waals surface area contributed by atoms with Gasteiger partial charge in [0.05, 0.1) is 29.7 Å². The molecule has 4 rings (SSSR count). The number of carbonyl (C=O) groups is 1. The Kier molecular flexibility index (Phi) is 4.17. The van der Waals surface area contributed by atoms with Gasteiger partial charge in [-0.3, -0.25) is 9.69 Å². The van der Waals surface area contributed by atoms with Crippen LogP contribution in [0.5, 0.6) is 0 Å². The predicted molar refractivity (Wildman–Crippen MR) is 90.3 cm³/mol. The zero-order valence-electron chi connectivity index (χ0n) is 14.5. The number of carbonyl (C=O) groups excluding carboxylic acids is 1. The fourth-order valence-corrected chi connectivity index (χ4v) is 4.22. The van der Waals surface area contributed by atoms with Crippen LogP contribution in [-0.2, 0) is 24.6 Å². The Balaban J connectivity index is 1.42. The number of nitrogens with one attached hydrogen (secondary N) is 1. The topological polar surface area (TPSA) is 50.2 Å². The third-order valence-corrected chi connectivity index (χ3v) is 5.61. The molecule has 1 aliphatic carbocycles. The van der Waals surface area contributed by atoms with E-state index >= 15 is 0 Å². The average molecular weight is 366 g/mol. The first kappa shape index (κ1) is 17.3. The molecule has 1 aromatic carbocycles. The van der Waals surface area contributed by atoms with Crippen molar-refractivity contribution in [3.05, 3.63) is 29.6 Å². The van der Waals surface area contributed by atoms with Crippen molar-refractivity contribution in [3.8, 4) is 0 Å². The second-order valence-corrected chi connectivity index (χ2v) is 7.33. The summed E-state index contributed by atoms with van der Waals surface area (Å²) in [6.45, 7) is 1.57. The molecule has 140 valence electrons. The summed E-state index contributed by atoms with van der Waals surface area (Å²) >= 11 is 0. The lowest BCUT2D eigenvalue weighted by atomic mass is 10.1. The average Bonchev–Trinajstić information content (AvgIpc) is 3.27. The first-order chi connectivity index (χ1) is 12.3. The van der Waals surface area contributed by atoms with E-state index in [9.17, 15) is 18.0 Å². The van der Waals surface area contributed by atoms with E-state index in [1.54, 1.807) is 11.6 Å². The van der Waals surface area contributed by atoms with E-state index in [0.29, 0.717) is 23.9 Å². The molecule has 1 aliphatic heterocycles. The minimum atomic E-state index is -4.39. The zero-order chi connectivity index (χ0) is 18.5. The van der Waals surface area contributed by atoms with Crippen molar-refractivity contribution in [2.24, 2.45) is 13.0 Å². The smallest absolute Gasteiger partial charge is 0.348 e. The molecular formula is C18H21F3N4O. The van der Waals surface area contributed by atoms with Crippen molar-refractivity contribution in [1.82, 2.24) is 19.8 Å². The number of fused-ring (bicyclic) bond motifs is 3. The molecule has 0 unspecified atom stereocenters. The predicted octanol–water partition coefficient (Wildman–Crippen LogP) is 2.69. The molecule has 0 spiro atoms. The quantitative estimate of drug-likeness (QED) is 0.905. The van der Waals surface area contributed by atoms with Gasteiger partial charge in [0.1, 0.15) is 5.82 Å². The van der Waals surface area contributed by atoms with Crippen molar-refractivity contribution < 1.29 is 18.0 Å². The van der Waals surface area contributed by atoms with Gasteiger partial charge >= 0.3 is 6.18 Å². The third kappa shape index (κ3) is 3.18. The number of benzene rings is 1. The number of likely N-dealkylation sites (tertiary alicyclic amines) is 1. The lowest BCUT2D eigenvalue weighted by molar-refractivity contribution is -0.137. The van der Waals surface area contributed by atoms with Gasteiger partial charge in [-0.2, -0.15) is 13.2 Å². The molecule has 2 aliphatic rings. The molecule has 1 aromatic heterocycles. The number of alkyl halides is 3. The molecule has 1 N–H and O–H groups in total. The van der Waals surface area contributed by atoms with Crippen molar-refractivity contribution in [2.75, 3.05) is 13.1 Å². The molecule has 2 heterocycles. The SMILES string of the molecule is Cn1c(CNC(=O)CN2C[C@@H]3CC[C@H]2C3)nc2cc(C(F)(F)F)ccc21. The Morgan fingerprint density at radius 3 is 2.81 bits per heavy atom. The second kappa shape index (κ2) is 6.26. The third-order valence-electron chi connectivity index (χ3n) is 5.61. The van der Waals surface area contributed by atoms with Gasteiger partial charge in [-0.1, -0.05) is 0 Å². The number of aryl methyl sites for hydroxylation is 1. The van der Waals surface area contributed by atoms with E-state index in [1.165, 1.54) is 25.3 Å². The molecule has 2 atom stereocenters. The number of amides is 1. The van der Waals surface area contributed by atoms with Gasteiger partial charge < -0.3 is 9.88 Å². The van der Waals surface area contributed by atoms with Crippen LogP contribution in [0, 0.1) is 5.92 Å². The van der Waals surface area contributed by atoms with Crippen LogP contribution in [0.25, 0.3) is 11.0 Å². The Morgan fingerprint density at radius 2 is 2.15 bits per heavy atom. The monoisotopic (exact) mass is 366 g/mol. The molecule has 26 heavy (non-hydrogen) atoms. The highest BCUT2D eigenvalue weighted by Crippen LogP contribution is 2.37. The van der Waals surface area contributed by atoms with Gasteiger partial charge in [-0.15, -0.1) is 0 Å². The maximum absolute atomic E-state index is 12.8. The molecule has 0 radical (unpaired) electrons. The van der Waals surface area contributed by atoms with Gasteiger partial charge in [0.25, 0.3) is 0 Å². The van der Waals surface area contributed by atoms with Crippen LogP contribution in [0.15, 0.2) is 18.2 Å². The summed E-state index contributed by atoms with van der Waals surface area (Å²) < 4.78 is 40.2. The summed E-state index contributed by atoms with van der Waals surface area (Å²) in [6, 6.07) is 4.04. The van der Waals surface area contributed by atoms with Crippen LogP contribution in [-0.4, -0.2) is 39.5 Å². The summed E-state index contributed by atoms with van der Waals surface area (Å²) in [6.07, 6.45) is -0.762. The fraction of sp³-hybridized carbons (Fsp3) is 0.556. The van der Waals surface area contributed by atoms with Crippen LogP contribution >= 0.6 is 0 Å². The van der Waals surface area contributed by atoms with Crippen LogP contribution in [0.4, 0.5) is 13.2 Å². The second-order valence-electron chi connectivity index (χ2n) is 7.33. The van der Waals surface area contributed by atoms with Gasteiger partial charge in [0, 0.05) is 19.6 Å². The van der Waals surface area contributed by atoms with Crippen molar-refractivity contribution >= 4 is 16.9 Å². The molecule has 2 aromatic rings. The molecule has 8 heteroatoms. The highest BCUT2D eigenvalue weighted by atomic mass is 19.4.